The third-order valence-electron chi connectivity index (χ3n) is 7.54. The summed E-state index contributed by atoms with van der Waals surface area (Å²) in [5.74, 6) is 1.45. The average Bonchev–Trinajstić information content (AvgIpc) is 3.01. The molecule has 32 heavy (non-hydrogen) atoms. The van der Waals surface area contributed by atoms with E-state index in [9.17, 15) is 9.59 Å². The van der Waals surface area contributed by atoms with Crippen molar-refractivity contribution in [2.45, 2.75) is 57.0 Å². The molecule has 3 fully saturated rings. The van der Waals surface area contributed by atoms with Crippen LogP contribution >= 0.6 is 0 Å². The lowest BCUT2D eigenvalue weighted by molar-refractivity contribution is -0.136. The molecule has 1 aromatic carbocycles. The van der Waals surface area contributed by atoms with Gasteiger partial charge in [-0.05, 0) is 49.3 Å². The minimum absolute atomic E-state index is 0.0567. The van der Waals surface area contributed by atoms with Gasteiger partial charge in [-0.2, -0.15) is 0 Å². The molecule has 0 unspecified atom stereocenters. The molecule has 1 spiro atoms. The Labute approximate surface area is 191 Å². The lowest BCUT2D eigenvalue weighted by Gasteiger charge is -2.43. The molecule has 0 atom stereocenters. The van der Waals surface area contributed by atoms with E-state index < -0.39 is 5.54 Å². The number of ether oxygens (including phenoxy) is 2. The van der Waals surface area contributed by atoms with Crippen molar-refractivity contribution in [3.63, 3.8) is 0 Å². The van der Waals surface area contributed by atoms with E-state index >= 15 is 0 Å². The van der Waals surface area contributed by atoms with E-state index in [1.807, 2.05) is 24.3 Å². The number of nitrogens with zero attached hydrogens (tertiary/aromatic N) is 3. The van der Waals surface area contributed by atoms with Crippen molar-refractivity contribution in [1.29, 1.82) is 0 Å². The fourth-order valence-electron chi connectivity index (χ4n) is 5.69. The van der Waals surface area contributed by atoms with Crippen LogP contribution in [0.3, 0.4) is 0 Å². The summed E-state index contributed by atoms with van der Waals surface area (Å²) in [5.41, 5.74) is 0.155. The van der Waals surface area contributed by atoms with Crippen molar-refractivity contribution in [3.05, 3.63) is 29.8 Å². The first-order valence-corrected chi connectivity index (χ1v) is 12.0. The highest BCUT2D eigenvalue weighted by atomic mass is 16.5. The topological polar surface area (TPSA) is 62.3 Å². The van der Waals surface area contributed by atoms with Crippen LogP contribution in [0.25, 0.3) is 0 Å². The molecule has 0 radical (unpaired) electrons. The summed E-state index contributed by atoms with van der Waals surface area (Å²) in [5, 5.41) is 0. The number of piperidine rings is 1. The van der Waals surface area contributed by atoms with Crippen LogP contribution in [0.4, 0.5) is 4.79 Å². The summed E-state index contributed by atoms with van der Waals surface area (Å²) < 4.78 is 10.6. The number of carbonyl (C=O) groups is 2. The zero-order valence-electron chi connectivity index (χ0n) is 19.6. The highest BCUT2D eigenvalue weighted by molar-refractivity contribution is 6.07. The van der Waals surface area contributed by atoms with Gasteiger partial charge < -0.3 is 19.3 Å². The van der Waals surface area contributed by atoms with Gasteiger partial charge in [0, 0.05) is 33.3 Å². The van der Waals surface area contributed by atoms with Gasteiger partial charge in [0.2, 0.25) is 0 Å². The van der Waals surface area contributed by atoms with Crippen LogP contribution in [0.5, 0.6) is 5.75 Å². The largest absolute Gasteiger partial charge is 0.497 e. The third-order valence-corrected chi connectivity index (χ3v) is 7.54. The Morgan fingerprint density at radius 3 is 2.50 bits per heavy atom. The summed E-state index contributed by atoms with van der Waals surface area (Å²) in [6.45, 7) is 4.01. The van der Waals surface area contributed by atoms with Crippen LogP contribution in [0.15, 0.2) is 24.3 Å². The Morgan fingerprint density at radius 1 is 1.06 bits per heavy atom. The summed E-state index contributed by atoms with van der Waals surface area (Å²) in [6.07, 6.45) is 8.11. The van der Waals surface area contributed by atoms with Crippen molar-refractivity contribution in [3.8, 4) is 5.75 Å². The van der Waals surface area contributed by atoms with E-state index in [0.717, 1.165) is 36.9 Å². The minimum atomic E-state index is -0.739. The normalized spacial score (nSPS) is 22.2. The van der Waals surface area contributed by atoms with Gasteiger partial charge in [0.15, 0.2) is 0 Å². The highest BCUT2D eigenvalue weighted by Crippen LogP contribution is 2.38. The number of carbonyl (C=O) groups excluding carboxylic acids is 2. The van der Waals surface area contributed by atoms with E-state index in [-0.39, 0.29) is 18.5 Å². The standard InChI is InChI=1S/C25H37N3O4/c1-31-16-15-28-24(30)27(19-21-9-6-10-22(17-21)32-2)23(29)25(28)11-13-26(14-12-25)18-20-7-4-3-5-8-20/h6,9-10,17,20H,3-5,7-8,11-16,18-19H2,1-2H3. The van der Waals surface area contributed by atoms with Gasteiger partial charge in [0.05, 0.1) is 20.3 Å². The van der Waals surface area contributed by atoms with E-state index in [2.05, 4.69) is 4.90 Å². The maximum Gasteiger partial charge on any atom is 0.328 e. The smallest absolute Gasteiger partial charge is 0.328 e. The van der Waals surface area contributed by atoms with Crippen LogP contribution < -0.4 is 4.74 Å². The van der Waals surface area contributed by atoms with E-state index in [1.54, 1.807) is 19.1 Å². The first-order valence-electron chi connectivity index (χ1n) is 12.0. The number of likely N-dealkylation sites (tertiary alicyclic amines) is 1. The molecule has 1 aliphatic carbocycles. The molecule has 176 valence electrons. The molecular weight excluding hydrogens is 406 g/mol. The van der Waals surface area contributed by atoms with Crippen molar-refractivity contribution in [2.75, 3.05) is 47.0 Å². The maximum absolute atomic E-state index is 13.7. The van der Waals surface area contributed by atoms with Crippen molar-refractivity contribution < 1.29 is 19.1 Å². The Hall–Kier alpha value is -2.12. The number of hydrogen-bond donors (Lipinski definition) is 0. The summed E-state index contributed by atoms with van der Waals surface area (Å²) in [7, 11) is 3.25. The zero-order chi connectivity index (χ0) is 22.6. The lowest BCUT2D eigenvalue weighted by Crippen LogP contribution is -2.57. The molecule has 4 rings (SSSR count). The van der Waals surface area contributed by atoms with Gasteiger partial charge in [-0.15, -0.1) is 0 Å². The number of rotatable bonds is 8. The predicted octanol–water partition coefficient (Wildman–Crippen LogP) is 3.52. The van der Waals surface area contributed by atoms with Crippen LogP contribution in [0.1, 0.15) is 50.5 Å². The van der Waals surface area contributed by atoms with Crippen LogP contribution in [-0.2, 0) is 16.1 Å². The quantitative estimate of drug-likeness (QED) is 0.576. The number of benzene rings is 1. The summed E-state index contributed by atoms with van der Waals surface area (Å²) in [4.78, 5) is 32.8. The van der Waals surface area contributed by atoms with E-state index in [1.165, 1.54) is 37.0 Å². The minimum Gasteiger partial charge on any atom is -0.497 e. The highest BCUT2D eigenvalue weighted by Gasteiger charge is 2.57. The van der Waals surface area contributed by atoms with Crippen molar-refractivity contribution in [1.82, 2.24) is 14.7 Å². The van der Waals surface area contributed by atoms with Gasteiger partial charge in [-0.1, -0.05) is 31.4 Å². The molecule has 3 amide bonds. The van der Waals surface area contributed by atoms with Gasteiger partial charge >= 0.3 is 6.03 Å². The third kappa shape index (κ3) is 4.64. The number of urea groups is 1. The maximum atomic E-state index is 13.7. The fourth-order valence-corrected chi connectivity index (χ4v) is 5.69. The second-order valence-electron chi connectivity index (χ2n) is 9.51. The van der Waals surface area contributed by atoms with Crippen molar-refractivity contribution in [2.24, 2.45) is 5.92 Å². The fraction of sp³-hybridized carbons (Fsp3) is 0.680. The van der Waals surface area contributed by atoms with E-state index in [4.69, 9.17) is 9.47 Å². The number of imide groups is 1. The zero-order valence-corrected chi connectivity index (χ0v) is 19.6. The van der Waals surface area contributed by atoms with Crippen LogP contribution in [0.2, 0.25) is 0 Å². The first-order chi connectivity index (χ1) is 15.6. The Morgan fingerprint density at radius 2 is 1.81 bits per heavy atom. The molecule has 0 bridgehead atoms. The van der Waals surface area contributed by atoms with Crippen LogP contribution in [0, 0.1) is 5.92 Å². The van der Waals surface area contributed by atoms with Gasteiger partial charge in [-0.3, -0.25) is 9.69 Å². The summed E-state index contributed by atoms with van der Waals surface area (Å²) >= 11 is 0. The van der Waals surface area contributed by atoms with E-state index in [0.29, 0.717) is 26.0 Å². The molecule has 0 aromatic heterocycles. The summed E-state index contributed by atoms with van der Waals surface area (Å²) in [6, 6.07) is 7.38. The average molecular weight is 444 g/mol. The van der Waals surface area contributed by atoms with Gasteiger partial charge in [0.25, 0.3) is 5.91 Å². The molecule has 0 N–H and O–H groups in total. The van der Waals surface area contributed by atoms with Gasteiger partial charge in [-0.25, -0.2) is 4.79 Å². The number of methoxy groups -OCH3 is 2. The monoisotopic (exact) mass is 443 g/mol. The van der Waals surface area contributed by atoms with Gasteiger partial charge in [0.1, 0.15) is 11.3 Å². The molecule has 7 heteroatoms. The molecule has 1 aromatic rings. The molecule has 2 heterocycles. The molecule has 7 nitrogen and oxygen atoms in total. The second kappa shape index (κ2) is 10.2. The lowest BCUT2D eigenvalue weighted by atomic mass is 9.84. The van der Waals surface area contributed by atoms with Crippen molar-refractivity contribution >= 4 is 11.9 Å². The first kappa shape index (κ1) is 23.1. The second-order valence-corrected chi connectivity index (χ2v) is 9.51. The SMILES string of the molecule is COCCN1C(=O)N(Cc2cccc(OC)c2)C(=O)C12CCN(CC1CCCCC1)CC2. The Balaban J connectivity index is 1.48. The number of amides is 3. The molecular formula is C25H37N3O4. The van der Waals surface area contributed by atoms with Crippen LogP contribution in [-0.4, -0.2) is 79.2 Å². The predicted molar refractivity (Wildman–Crippen MR) is 123 cm³/mol. The Kier molecular flexibility index (Phi) is 7.36. The molecule has 1 saturated carbocycles. The number of hydrogen-bond acceptors (Lipinski definition) is 5. The molecule has 2 saturated heterocycles. The molecule has 3 aliphatic rings. The molecule has 2 aliphatic heterocycles. The Bertz CT molecular complexity index is 800.